The summed E-state index contributed by atoms with van der Waals surface area (Å²) in [4.78, 5) is 0. The van der Waals surface area contributed by atoms with Crippen molar-refractivity contribution in [1.82, 2.24) is 0 Å². The molecule has 1 heteroatoms. The summed E-state index contributed by atoms with van der Waals surface area (Å²) < 4.78 is 0. The van der Waals surface area contributed by atoms with Gasteiger partial charge in [-0.25, -0.2) is 0 Å². The Morgan fingerprint density at radius 2 is 2.40 bits per heavy atom. The van der Waals surface area contributed by atoms with Gasteiger partial charge in [-0.05, 0) is 6.42 Å². The molecule has 0 unspecified atom stereocenters. The van der Waals surface area contributed by atoms with E-state index in [4.69, 9.17) is 5.11 Å². The number of aliphatic hydroxyl groups is 1. The Labute approximate surface area is 32.6 Å². The largest absolute Gasteiger partial charge is 0.390 e. The molecule has 1 N–H and O–H groups in total. The fourth-order valence-electron chi connectivity index (χ4n) is 0.129. The van der Waals surface area contributed by atoms with E-state index in [9.17, 15) is 0 Å². The Kier molecular flexibility index (Phi) is 3.93. The third-order valence-corrected chi connectivity index (χ3v) is 0.418. The molecule has 1 radical (unpaired) electrons. The van der Waals surface area contributed by atoms with Crippen molar-refractivity contribution in [3.63, 3.8) is 0 Å². The van der Waals surface area contributed by atoms with E-state index >= 15 is 0 Å². The lowest BCUT2D eigenvalue weighted by molar-refractivity contribution is 0.373. The molecule has 0 aliphatic rings. The molecule has 0 fully saturated rings. The van der Waals surface area contributed by atoms with Crippen LogP contribution >= 0.6 is 0 Å². The Morgan fingerprint density at radius 1 is 1.80 bits per heavy atom. The molecule has 0 atom stereocenters. The first kappa shape index (κ1) is 4.96. The molecule has 31 valence electrons. The summed E-state index contributed by atoms with van der Waals surface area (Å²) in [5.41, 5.74) is 0. The molecule has 1 nitrogen and oxygen atoms in total. The molecule has 0 aromatic heterocycles. The molecule has 0 heterocycles. The van der Waals surface area contributed by atoms with Gasteiger partial charge in [0.25, 0.3) is 0 Å². The molecule has 5 heavy (non-hydrogen) atoms. The zero-order valence-corrected chi connectivity index (χ0v) is 3.44. The summed E-state index contributed by atoms with van der Waals surface area (Å²) in [7, 11) is 0. The Morgan fingerprint density at radius 3 is 2.40 bits per heavy atom. The molecule has 0 aromatic rings. The van der Waals surface area contributed by atoms with Gasteiger partial charge in [-0.15, -0.1) is 0 Å². The predicted molar refractivity (Wildman–Crippen MR) is 21.1 cm³/mol. The van der Waals surface area contributed by atoms with Gasteiger partial charge in [0.1, 0.15) is 0 Å². The van der Waals surface area contributed by atoms with Crippen LogP contribution in [0, 0.1) is 6.61 Å². The summed E-state index contributed by atoms with van der Waals surface area (Å²) >= 11 is 0. The van der Waals surface area contributed by atoms with Crippen LogP contribution in [0.25, 0.3) is 0 Å². The smallest absolute Gasteiger partial charge is 0.0799 e. The maximum Gasteiger partial charge on any atom is 0.0799 e. The summed E-state index contributed by atoms with van der Waals surface area (Å²) in [6, 6.07) is 0. The van der Waals surface area contributed by atoms with E-state index in [0.29, 0.717) is 0 Å². The number of hydrogen-bond acceptors (Lipinski definition) is 1. The van der Waals surface area contributed by atoms with Crippen LogP contribution in [-0.2, 0) is 0 Å². The van der Waals surface area contributed by atoms with Crippen molar-refractivity contribution < 1.29 is 5.11 Å². The van der Waals surface area contributed by atoms with Gasteiger partial charge in [0.15, 0.2) is 0 Å². The van der Waals surface area contributed by atoms with E-state index in [0.717, 1.165) is 12.8 Å². The van der Waals surface area contributed by atoms with Crippen LogP contribution in [0.2, 0.25) is 0 Å². The lowest BCUT2D eigenvalue weighted by atomic mass is 10.4. The average Bonchev–Trinajstić information content (AvgIpc) is 1.41. The Hall–Kier alpha value is -0.0400. The van der Waals surface area contributed by atoms with Crippen LogP contribution in [0.4, 0.5) is 0 Å². The van der Waals surface area contributed by atoms with Crippen molar-refractivity contribution >= 4 is 0 Å². The van der Waals surface area contributed by atoms with Crippen molar-refractivity contribution in [3.05, 3.63) is 6.61 Å². The van der Waals surface area contributed by atoms with Gasteiger partial charge in [-0.3, -0.25) is 0 Å². The number of aliphatic hydroxyl groups excluding tert-OH is 1. The SMILES string of the molecule is CCC[CH]O. The molecule has 0 bridgehead atoms. The van der Waals surface area contributed by atoms with E-state index in [1.54, 1.807) is 0 Å². The lowest BCUT2D eigenvalue weighted by Gasteiger charge is -1.78. The van der Waals surface area contributed by atoms with Gasteiger partial charge in [-0.1, -0.05) is 13.3 Å². The second kappa shape index (κ2) is 3.96. The predicted octanol–water partition coefficient (Wildman–Crippen LogP) is 1.32. The summed E-state index contributed by atoms with van der Waals surface area (Å²) in [6.07, 6.45) is 1.86. The molecular weight excluding hydrogens is 64.0 g/mol. The Balaban J connectivity index is 2.19. The summed E-state index contributed by atoms with van der Waals surface area (Å²) in [5, 5.41) is 7.94. The monoisotopic (exact) mass is 73.1 g/mol. The van der Waals surface area contributed by atoms with Crippen LogP contribution in [0.1, 0.15) is 19.8 Å². The van der Waals surface area contributed by atoms with Gasteiger partial charge >= 0.3 is 0 Å². The zero-order chi connectivity index (χ0) is 4.12. The number of hydrogen-bond donors (Lipinski definition) is 1. The number of unbranched alkanes of at least 4 members (excludes halogenated alkanes) is 1. The third kappa shape index (κ3) is 3.96. The van der Waals surface area contributed by atoms with Gasteiger partial charge in [0, 0.05) is 0 Å². The second-order valence-corrected chi connectivity index (χ2v) is 0.971. The van der Waals surface area contributed by atoms with Crippen LogP contribution in [0.5, 0.6) is 0 Å². The molecule has 0 aromatic carbocycles. The minimum absolute atomic E-state index is 0.819. The first-order valence-corrected chi connectivity index (χ1v) is 1.87. The van der Waals surface area contributed by atoms with E-state index in [1.807, 2.05) is 6.92 Å². The van der Waals surface area contributed by atoms with Crippen LogP contribution in [-0.4, -0.2) is 5.11 Å². The quantitative estimate of drug-likeness (QED) is 0.522. The van der Waals surface area contributed by atoms with Gasteiger partial charge < -0.3 is 5.11 Å². The highest BCUT2D eigenvalue weighted by Gasteiger charge is 1.70. The van der Waals surface area contributed by atoms with Crippen LogP contribution in [0.15, 0.2) is 0 Å². The van der Waals surface area contributed by atoms with Crippen molar-refractivity contribution in [2.24, 2.45) is 0 Å². The topological polar surface area (TPSA) is 20.2 Å². The van der Waals surface area contributed by atoms with Gasteiger partial charge in [0.05, 0.1) is 6.61 Å². The molecular formula is C4H9O. The van der Waals surface area contributed by atoms with Crippen LogP contribution in [0.3, 0.4) is 0 Å². The van der Waals surface area contributed by atoms with Gasteiger partial charge in [-0.2, -0.15) is 0 Å². The molecule has 0 amide bonds. The molecule has 0 rings (SSSR count). The third-order valence-electron chi connectivity index (χ3n) is 0.418. The minimum atomic E-state index is 0.819. The number of rotatable bonds is 2. The summed E-state index contributed by atoms with van der Waals surface area (Å²) in [6.45, 7) is 3.20. The van der Waals surface area contributed by atoms with Crippen molar-refractivity contribution in [2.45, 2.75) is 19.8 Å². The average molecular weight is 73.1 g/mol. The van der Waals surface area contributed by atoms with E-state index < -0.39 is 0 Å². The molecule has 0 aliphatic heterocycles. The standard InChI is InChI=1S/C4H9O/c1-2-3-4-5/h4-5H,2-3H2,1H3. The Bertz CT molecular complexity index is 11.1. The summed E-state index contributed by atoms with van der Waals surface area (Å²) in [5.74, 6) is 0. The first-order chi connectivity index (χ1) is 2.41. The minimum Gasteiger partial charge on any atom is -0.390 e. The highest BCUT2D eigenvalue weighted by molar-refractivity contribution is 4.39. The van der Waals surface area contributed by atoms with Crippen molar-refractivity contribution in [3.8, 4) is 0 Å². The fraction of sp³-hybridized carbons (Fsp3) is 0.750. The normalized spacial score (nSPS) is 8.40. The lowest BCUT2D eigenvalue weighted by Crippen LogP contribution is -1.65. The maximum atomic E-state index is 7.94. The maximum absolute atomic E-state index is 7.94. The van der Waals surface area contributed by atoms with E-state index in [1.165, 1.54) is 6.61 Å². The first-order valence-electron chi connectivity index (χ1n) is 1.87. The highest BCUT2D eigenvalue weighted by atomic mass is 16.2. The fourth-order valence-corrected chi connectivity index (χ4v) is 0.129. The van der Waals surface area contributed by atoms with E-state index in [-0.39, 0.29) is 0 Å². The van der Waals surface area contributed by atoms with Crippen molar-refractivity contribution in [1.29, 1.82) is 0 Å². The van der Waals surface area contributed by atoms with E-state index in [2.05, 4.69) is 0 Å². The highest BCUT2D eigenvalue weighted by Crippen LogP contribution is 1.84. The van der Waals surface area contributed by atoms with Crippen LogP contribution < -0.4 is 0 Å². The molecule has 0 aliphatic carbocycles. The van der Waals surface area contributed by atoms with Gasteiger partial charge in [0.2, 0.25) is 0 Å². The van der Waals surface area contributed by atoms with Crippen molar-refractivity contribution in [2.75, 3.05) is 0 Å². The second-order valence-electron chi connectivity index (χ2n) is 0.971. The molecule has 0 spiro atoms. The zero-order valence-electron chi connectivity index (χ0n) is 3.44. The molecule has 0 saturated carbocycles. The molecule has 0 saturated heterocycles.